The number of hydrogen-bond donors (Lipinski definition) is 2. The van der Waals surface area contributed by atoms with Crippen molar-refractivity contribution in [2.75, 3.05) is 26.7 Å². The summed E-state index contributed by atoms with van der Waals surface area (Å²) in [6.07, 6.45) is 0. The molecule has 1 heterocycles. The van der Waals surface area contributed by atoms with Crippen molar-refractivity contribution in [3.8, 4) is 11.5 Å². The summed E-state index contributed by atoms with van der Waals surface area (Å²) in [6, 6.07) is 4.87. The van der Waals surface area contributed by atoms with Gasteiger partial charge in [0.15, 0.2) is 0 Å². The van der Waals surface area contributed by atoms with Gasteiger partial charge in [-0.2, -0.15) is 0 Å². The molecule has 1 aliphatic rings. The van der Waals surface area contributed by atoms with Crippen LogP contribution in [0.15, 0.2) is 18.2 Å². The van der Waals surface area contributed by atoms with Gasteiger partial charge in [-0.3, -0.25) is 4.79 Å². The fourth-order valence-electron chi connectivity index (χ4n) is 2.12. The first-order valence-corrected chi connectivity index (χ1v) is 6.02. The first kappa shape index (κ1) is 12.7. The maximum atomic E-state index is 12.3. The smallest absolute Gasteiger partial charge is 0.257 e. The minimum Gasteiger partial charge on any atom is -0.507 e. The summed E-state index contributed by atoms with van der Waals surface area (Å²) < 4.78 is 5.00. The molecule has 1 saturated heterocycles. The van der Waals surface area contributed by atoms with Crippen LogP contribution < -0.4 is 10.1 Å². The molecule has 0 unspecified atom stereocenters. The van der Waals surface area contributed by atoms with Crippen molar-refractivity contribution in [2.45, 2.75) is 13.0 Å². The van der Waals surface area contributed by atoms with Gasteiger partial charge < -0.3 is 20.1 Å². The van der Waals surface area contributed by atoms with Crippen molar-refractivity contribution >= 4 is 5.91 Å². The fourth-order valence-corrected chi connectivity index (χ4v) is 2.12. The van der Waals surface area contributed by atoms with Gasteiger partial charge in [0.1, 0.15) is 11.5 Å². The number of carbonyl (C=O) groups is 1. The first-order valence-electron chi connectivity index (χ1n) is 6.02. The fraction of sp³-hybridized carbons (Fsp3) is 0.462. The molecule has 0 spiro atoms. The van der Waals surface area contributed by atoms with Crippen molar-refractivity contribution < 1.29 is 14.6 Å². The molecule has 1 fully saturated rings. The van der Waals surface area contributed by atoms with Crippen LogP contribution >= 0.6 is 0 Å². The third-order valence-corrected chi connectivity index (χ3v) is 3.20. The highest BCUT2D eigenvalue weighted by atomic mass is 16.5. The molecule has 98 valence electrons. The van der Waals surface area contributed by atoms with Crippen molar-refractivity contribution in [3.63, 3.8) is 0 Å². The Morgan fingerprint density at radius 2 is 2.33 bits per heavy atom. The minimum atomic E-state index is -0.135. The van der Waals surface area contributed by atoms with Gasteiger partial charge in [-0.1, -0.05) is 0 Å². The molecular formula is C13H18N2O3. The normalized spacial score (nSPS) is 19.7. The lowest BCUT2D eigenvalue weighted by molar-refractivity contribution is 0.0652. The zero-order valence-corrected chi connectivity index (χ0v) is 10.6. The molecule has 0 aromatic heterocycles. The molecule has 2 rings (SSSR count). The van der Waals surface area contributed by atoms with Gasteiger partial charge in [-0.15, -0.1) is 0 Å². The topological polar surface area (TPSA) is 61.8 Å². The molecule has 5 heteroatoms. The van der Waals surface area contributed by atoms with Crippen LogP contribution in [0.4, 0.5) is 0 Å². The van der Waals surface area contributed by atoms with Gasteiger partial charge in [-0.05, 0) is 19.1 Å². The van der Waals surface area contributed by atoms with Gasteiger partial charge >= 0.3 is 0 Å². The number of phenols is 1. The molecule has 0 bridgehead atoms. The third-order valence-electron chi connectivity index (χ3n) is 3.20. The van der Waals surface area contributed by atoms with Crippen LogP contribution in [-0.2, 0) is 0 Å². The number of piperazine rings is 1. The second kappa shape index (κ2) is 5.27. The highest BCUT2D eigenvalue weighted by molar-refractivity contribution is 5.97. The molecule has 0 radical (unpaired) electrons. The van der Waals surface area contributed by atoms with E-state index in [1.807, 2.05) is 6.92 Å². The summed E-state index contributed by atoms with van der Waals surface area (Å²) in [5, 5.41) is 13.1. The molecule has 1 amide bonds. The summed E-state index contributed by atoms with van der Waals surface area (Å²) in [7, 11) is 1.52. The van der Waals surface area contributed by atoms with E-state index in [1.165, 1.54) is 13.2 Å². The highest BCUT2D eigenvalue weighted by Crippen LogP contribution is 2.25. The number of carbonyl (C=O) groups excluding carboxylic acids is 1. The Morgan fingerprint density at radius 1 is 1.56 bits per heavy atom. The Morgan fingerprint density at radius 3 is 2.94 bits per heavy atom. The molecule has 1 aliphatic heterocycles. The lowest BCUT2D eigenvalue weighted by Crippen LogP contribution is -2.52. The van der Waals surface area contributed by atoms with E-state index in [0.717, 1.165) is 13.1 Å². The molecule has 18 heavy (non-hydrogen) atoms. The van der Waals surface area contributed by atoms with Gasteiger partial charge in [0, 0.05) is 31.7 Å². The van der Waals surface area contributed by atoms with Gasteiger partial charge in [0.2, 0.25) is 0 Å². The van der Waals surface area contributed by atoms with Crippen LogP contribution in [-0.4, -0.2) is 48.7 Å². The number of amides is 1. The number of nitrogens with one attached hydrogen (secondary N) is 1. The van der Waals surface area contributed by atoms with Gasteiger partial charge in [-0.25, -0.2) is 0 Å². The number of nitrogens with zero attached hydrogens (tertiary/aromatic N) is 1. The summed E-state index contributed by atoms with van der Waals surface area (Å²) >= 11 is 0. The van der Waals surface area contributed by atoms with Crippen LogP contribution in [0.2, 0.25) is 0 Å². The van der Waals surface area contributed by atoms with Gasteiger partial charge in [0.05, 0.1) is 12.7 Å². The zero-order chi connectivity index (χ0) is 13.1. The second-order valence-electron chi connectivity index (χ2n) is 4.43. The quantitative estimate of drug-likeness (QED) is 0.816. The van der Waals surface area contributed by atoms with Crippen LogP contribution in [0.3, 0.4) is 0 Å². The molecular weight excluding hydrogens is 232 g/mol. The second-order valence-corrected chi connectivity index (χ2v) is 4.43. The Labute approximate surface area is 106 Å². The number of aromatic hydroxyl groups is 1. The summed E-state index contributed by atoms with van der Waals surface area (Å²) in [6.45, 7) is 4.21. The molecule has 1 aromatic carbocycles. The number of benzene rings is 1. The monoisotopic (exact) mass is 250 g/mol. The molecule has 5 nitrogen and oxygen atoms in total. The minimum absolute atomic E-state index is 0.0370. The molecule has 0 aliphatic carbocycles. The van der Waals surface area contributed by atoms with E-state index in [9.17, 15) is 9.90 Å². The first-order chi connectivity index (χ1) is 8.63. The van der Waals surface area contributed by atoms with Crippen LogP contribution in [0.1, 0.15) is 17.3 Å². The van der Waals surface area contributed by atoms with E-state index in [0.29, 0.717) is 17.9 Å². The number of hydrogen-bond acceptors (Lipinski definition) is 4. The average molecular weight is 250 g/mol. The van der Waals surface area contributed by atoms with E-state index in [4.69, 9.17) is 4.74 Å². The highest BCUT2D eigenvalue weighted by Gasteiger charge is 2.25. The predicted molar refractivity (Wildman–Crippen MR) is 68.0 cm³/mol. The summed E-state index contributed by atoms with van der Waals surface area (Å²) in [4.78, 5) is 14.1. The molecule has 0 saturated carbocycles. The standard InChI is InChI=1S/C13H18N2O3/c1-9-8-14-5-6-15(9)13(17)11-4-3-10(18-2)7-12(11)16/h3-4,7,9,14,16H,5-6,8H2,1-2H3/t9-/m0/s1. The van der Waals surface area contributed by atoms with E-state index in [2.05, 4.69) is 5.32 Å². The predicted octanol–water partition coefficient (Wildman–Crippen LogP) is 0.835. The maximum Gasteiger partial charge on any atom is 0.257 e. The summed E-state index contributed by atoms with van der Waals surface area (Å²) in [5.41, 5.74) is 0.324. The Balaban J connectivity index is 2.22. The van der Waals surface area contributed by atoms with E-state index in [-0.39, 0.29) is 17.7 Å². The van der Waals surface area contributed by atoms with Crippen LogP contribution in [0.25, 0.3) is 0 Å². The molecule has 1 aromatic rings. The Kier molecular flexibility index (Phi) is 3.72. The average Bonchev–Trinajstić information content (AvgIpc) is 2.38. The maximum absolute atomic E-state index is 12.3. The van der Waals surface area contributed by atoms with E-state index < -0.39 is 0 Å². The van der Waals surface area contributed by atoms with Gasteiger partial charge in [0.25, 0.3) is 5.91 Å². The number of ether oxygens (including phenoxy) is 1. The third kappa shape index (κ3) is 2.41. The van der Waals surface area contributed by atoms with Crippen LogP contribution in [0.5, 0.6) is 11.5 Å². The van der Waals surface area contributed by atoms with Crippen molar-refractivity contribution in [1.82, 2.24) is 10.2 Å². The van der Waals surface area contributed by atoms with E-state index >= 15 is 0 Å². The largest absolute Gasteiger partial charge is 0.507 e. The van der Waals surface area contributed by atoms with Crippen LogP contribution in [0, 0.1) is 0 Å². The Bertz CT molecular complexity index is 448. The lowest BCUT2D eigenvalue weighted by Gasteiger charge is -2.34. The summed E-state index contributed by atoms with van der Waals surface area (Å²) in [5.74, 6) is 0.367. The molecule has 1 atom stereocenters. The molecule has 2 N–H and O–H groups in total. The van der Waals surface area contributed by atoms with Crippen molar-refractivity contribution in [2.24, 2.45) is 0 Å². The van der Waals surface area contributed by atoms with Crippen molar-refractivity contribution in [1.29, 1.82) is 0 Å². The SMILES string of the molecule is COc1ccc(C(=O)N2CCNC[C@@H]2C)c(O)c1. The Hall–Kier alpha value is -1.75. The number of methoxy groups -OCH3 is 1. The van der Waals surface area contributed by atoms with E-state index in [1.54, 1.807) is 17.0 Å². The van der Waals surface area contributed by atoms with Crippen molar-refractivity contribution in [3.05, 3.63) is 23.8 Å². The lowest BCUT2D eigenvalue weighted by atomic mass is 10.1. The number of rotatable bonds is 2. The number of phenolic OH excluding ortho intramolecular Hbond substituents is 1. The zero-order valence-electron chi connectivity index (χ0n) is 10.6.